The molecule has 0 aliphatic carbocycles. The highest BCUT2D eigenvalue weighted by atomic mass is 32.2. The average molecular weight is 391 g/mol. The van der Waals surface area contributed by atoms with Crippen LogP contribution in [-0.4, -0.2) is 33.4 Å². The van der Waals surface area contributed by atoms with Gasteiger partial charge in [-0.15, -0.1) is 0 Å². The zero-order valence-electron chi connectivity index (χ0n) is 15.1. The summed E-state index contributed by atoms with van der Waals surface area (Å²) in [4.78, 5) is 24.3. The number of primary sulfonamides is 1. The van der Waals surface area contributed by atoms with Crippen LogP contribution < -0.4 is 20.5 Å². The standard InChI is InChI=1S/C18H21N3O5S/c1-11-5-4-6-13(9-11)18(23)20-12(2)17(22)21-14-7-8-15(26-3)16(10-14)27(19,24)25/h4-10,12H,1-3H3,(H,20,23)(H,21,22)(H2,19,24,25)/t12-/m0/s1. The van der Waals surface area contributed by atoms with Gasteiger partial charge in [-0.3, -0.25) is 9.59 Å². The molecule has 2 aromatic carbocycles. The minimum Gasteiger partial charge on any atom is -0.495 e. The molecule has 0 aromatic heterocycles. The third kappa shape index (κ3) is 5.28. The SMILES string of the molecule is COc1ccc(NC(=O)[C@H](C)NC(=O)c2cccc(C)c2)cc1S(N)(=O)=O. The van der Waals surface area contributed by atoms with E-state index >= 15 is 0 Å². The number of sulfonamides is 1. The number of aryl methyl sites for hydroxylation is 1. The summed E-state index contributed by atoms with van der Waals surface area (Å²) in [5.74, 6) is -0.834. The first kappa shape index (κ1) is 20.4. The Bertz CT molecular complexity index is 973. The van der Waals surface area contributed by atoms with Crippen LogP contribution in [0.3, 0.4) is 0 Å². The van der Waals surface area contributed by atoms with E-state index in [1.54, 1.807) is 18.2 Å². The van der Waals surface area contributed by atoms with Crippen LogP contribution >= 0.6 is 0 Å². The first-order valence-corrected chi connectivity index (χ1v) is 9.55. The van der Waals surface area contributed by atoms with Gasteiger partial charge >= 0.3 is 0 Å². The zero-order valence-corrected chi connectivity index (χ0v) is 16.0. The first-order chi connectivity index (χ1) is 12.6. The molecule has 8 nitrogen and oxygen atoms in total. The van der Waals surface area contributed by atoms with Crippen LogP contribution in [0.4, 0.5) is 5.69 Å². The smallest absolute Gasteiger partial charge is 0.251 e. The fraction of sp³-hybridized carbons (Fsp3) is 0.222. The van der Waals surface area contributed by atoms with Crippen molar-refractivity contribution in [2.75, 3.05) is 12.4 Å². The zero-order chi connectivity index (χ0) is 20.2. The number of anilines is 1. The summed E-state index contributed by atoms with van der Waals surface area (Å²) in [5.41, 5.74) is 1.57. The Morgan fingerprint density at radius 2 is 1.85 bits per heavy atom. The van der Waals surface area contributed by atoms with Crippen molar-refractivity contribution < 1.29 is 22.7 Å². The molecular formula is C18H21N3O5S. The lowest BCUT2D eigenvalue weighted by molar-refractivity contribution is -0.117. The van der Waals surface area contributed by atoms with Crippen molar-refractivity contribution in [2.45, 2.75) is 24.8 Å². The lowest BCUT2D eigenvalue weighted by Crippen LogP contribution is -2.41. The lowest BCUT2D eigenvalue weighted by Gasteiger charge is -2.15. The Kier molecular flexibility index (Phi) is 6.19. The predicted molar refractivity (Wildman–Crippen MR) is 101 cm³/mol. The average Bonchev–Trinajstić information content (AvgIpc) is 2.60. The molecule has 0 unspecified atom stereocenters. The summed E-state index contributed by atoms with van der Waals surface area (Å²) < 4.78 is 28.2. The predicted octanol–water partition coefficient (Wildman–Crippen LogP) is 1.41. The Hall–Kier alpha value is -2.91. The van der Waals surface area contributed by atoms with Gasteiger partial charge in [0.05, 0.1) is 7.11 Å². The number of ether oxygens (including phenoxy) is 1. The highest BCUT2D eigenvalue weighted by Gasteiger charge is 2.19. The number of rotatable bonds is 6. The van der Waals surface area contributed by atoms with Gasteiger partial charge in [0, 0.05) is 11.3 Å². The molecule has 2 rings (SSSR count). The number of methoxy groups -OCH3 is 1. The van der Waals surface area contributed by atoms with Crippen molar-refractivity contribution in [3.05, 3.63) is 53.6 Å². The number of benzene rings is 2. The molecule has 0 aliphatic heterocycles. The van der Waals surface area contributed by atoms with Gasteiger partial charge in [-0.05, 0) is 44.2 Å². The molecule has 0 heterocycles. The van der Waals surface area contributed by atoms with Gasteiger partial charge in [-0.25, -0.2) is 13.6 Å². The Morgan fingerprint density at radius 1 is 1.15 bits per heavy atom. The van der Waals surface area contributed by atoms with Crippen LogP contribution in [0.2, 0.25) is 0 Å². The van der Waals surface area contributed by atoms with E-state index in [9.17, 15) is 18.0 Å². The van der Waals surface area contributed by atoms with E-state index in [0.717, 1.165) is 5.56 Å². The van der Waals surface area contributed by atoms with E-state index in [-0.39, 0.29) is 22.2 Å². The summed E-state index contributed by atoms with van der Waals surface area (Å²) in [5, 5.41) is 10.3. The van der Waals surface area contributed by atoms with E-state index < -0.39 is 22.0 Å². The quantitative estimate of drug-likeness (QED) is 0.686. The van der Waals surface area contributed by atoms with Crippen molar-refractivity contribution in [1.29, 1.82) is 0 Å². The lowest BCUT2D eigenvalue weighted by atomic mass is 10.1. The summed E-state index contributed by atoms with van der Waals surface area (Å²) >= 11 is 0. The topological polar surface area (TPSA) is 128 Å². The fourth-order valence-corrected chi connectivity index (χ4v) is 3.08. The van der Waals surface area contributed by atoms with Crippen molar-refractivity contribution >= 4 is 27.5 Å². The highest BCUT2D eigenvalue weighted by molar-refractivity contribution is 7.89. The molecule has 0 bridgehead atoms. The molecule has 0 radical (unpaired) electrons. The number of amides is 2. The number of carbonyl (C=O) groups is 2. The van der Waals surface area contributed by atoms with Crippen LogP contribution in [0.15, 0.2) is 47.4 Å². The maximum absolute atomic E-state index is 12.3. The summed E-state index contributed by atoms with van der Waals surface area (Å²) in [6, 6.07) is 10.2. The summed E-state index contributed by atoms with van der Waals surface area (Å²) in [7, 11) is -2.72. The van der Waals surface area contributed by atoms with Gasteiger partial charge in [0.2, 0.25) is 15.9 Å². The second kappa shape index (κ2) is 8.19. The molecule has 0 saturated carbocycles. The van der Waals surface area contributed by atoms with Crippen molar-refractivity contribution in [3.63, 3.8) is 0 Å². The maximum Gasteiger partial charge on any atom is 0.251 e. The third-order valence-corrected chi connectivity index (χ3v) is 4.69. The first-order valence-electron chi connectivity index (χ1n) is 8.01. The Labute approximate surface area is 157 Å². The van der Waals surface area contributed by atoms with E-state index in [0.29, 0.717) is 5.56 Å². The molecule has 0 saturated heterocycles. The van der Waals surface area contributed by atoms with Crippen molar-refractivity contribution in [2.24, 2.45) is 5.14 Å². The van der Waals surface area contributed by atoms with Crippen LogP contribution in [0.25, 0.3) is 0 Å². The largest absolute Gasteiger partial charge is 0.495 e. The van der Waals surface area contributed by atoms with Gasteiger partial charge in [0.15, 0.2) is 0 Å². The number of carbonyl (C=O) groups excluding carboxylic acids is 2. The Balaban J connectivity index is 2.11. The van der Waals surface area contributed by atoms with Gasteiger partial charge in [-0.1, -0.05) is 17.7 Å². The Morgan fingerprint density at radius 3 is 2.44 bits per heavy atom. The monoisotopic (exact) mass is 391 g/mol. The summed E-state index contributed by atoms with van der Waals surface area (Å²) in [6.45, 7) is 3.38. The number of nitrogens with two attached hydrogens (primary N) is 1. The molecule has 0 fully saturated rings. The fourth-order valence-electron chi connectivity index (χ4n) is 2.36. The number of nitrogens with one attached hydrogen (secondary N) is 2. The van der Waals surface area contributed by atoms with E-state index in [2.05, 4.69) is 10.6 Å². The summed E-state index contributed by atoms with van der Waals surface area (Å²) in [6.07, 6.45) is 0. The molecule has 1 atom stereocenters. The highest BCUT2D eigenvalue weighted by Crippen LogP contribution is 2.26. The van der Waals surface area contributed by atoms with Gasteiger partial charge in [-0.2, -0.15) is 0 Å². The molecule has 0 aliphatic rings. The number of hydrogen-bond acceptors (Lipinski definition) is 5. The normalized spacial score (nSPS) is 12.1. The van der Waals surface area contributed by atoms with E-state index in [1.165, 1.54) is 32.2 Å². The molecular weight excluding hydrogens is 370 g/mol. The van der Waals surface area contributed by atoms with Gasteiger partial charge in [0.25, 0.3) is 5.91 Å². The molecule has 144 valence electrons. The molecule has 9 heteroatoms. The van der Waals surface area contributed by atoms with E-state index in [1.807, 2.05) is 13.0 Å². The number of hydrogen-bond donors (Lipinski definition) is 3. The van der Waals surface area contributed by atoms with E-state index in [4.69, 9.17) is 9.88 Å². The molecule has 0 spiro atoms. The second-order valence-corrected chi connectivity index (χ2v) is 7.49. The van der Waals surface area contributed by atoms with Gasteiger partial charge in [0.1, 0.15) is 16.7 Å². The van der Waals surface area contributed by atoms with Gasteiger partial charge < -0.3 is 15.4 Å². The molecule has 2 amide bonds. The minimum absolute atomic E-state index is 0.0660. The molecule has 4 N–H and O–H groups in total. The molecule has 2 aromatic rings. The van der Waals surface area contributed by atoms with Crippen LogP contribution in [0, 0.1) is 6.92 Å². The van der Waals surface area contributed by atoms with Crippen LogP contribution in [0.5, 0.6) is 5.75 Å². The minimum atomic E-state index is -4.03. The van der Waals surface area contributed by atoms with Crippen LogP contribution in [-0.2, 0) is 14.8 Å². The van der Waals surface area contributed by atoms with Crippen molar-refractivity contribution in [3.8, 4) is 5.75 Å². The maximum atomic E-state index is 12.3. The van der Waals surface area contributed by atoms with Crippen molar-refractivity contribution in [1.82, 2.24) is 5.32 Å². The van der Waals surface area contributed by atoms with Crippen LogP contribution in [0.1, 0.15) is 22.8 Å². The second-order valence-electron chi connectivity index (χ2n) is 5.96. The third-order valence-electron chi connectivity index (χ3n) is 3.76. The molecule has 27 heavy (non-hydrogen) atoms.